The largest absolute Gasteiger partial charge is 0.383 e. The van der Waals surface area contributed by atoms with Crippen molar-refractivity contribution in [2.24, 2.45) is 5.14 Å². The van der Waals surface area contributed by atoms with Gasteiger partial charge in [-0.05, 0) is 34.1 Å². The van der Waals surface area contributed by atoms with Gasteiger partial charge in [-0.2, -0.15) is 0 Å². The summed E-state index contributed by atoms with van der Waals surface area (Å²) in [5, 5.41) is 13.0. The Balaban J connectivity index is 2.60. The van der Waals surface area contributed by atoms with Crippen LogP contribution in [0.3, 0.4) is 0 Å². The lowest BCUT2D eigenvalue weighted by molar-refractivity contribution is 0.185. The van der Waals surface area contributed by atoms with Crippen molar-refractivity contribution >= 4 is 37.6 Å². The van der Waals surface area contributed by atoms with Crippen molar-refractivity contribution in [2.45, 2.75) is 11.7 Å². The summed E-state index contributed by atoms with van der Waals surface area (Å²) in [6.45, 7) is 0.540. The van der Waals surface area contributed by atoms with Crippen LogP contribution in [-0.2, 0) is 21.3 Å². The topological polar surface area (TPSA) is 100 Å². The number of sulfonamides is 1. The van der Waals surface area contributed by atoms with Gasteiger partial charge in [0, 0.05) is 22.2 Å². The summed E-state index contributed by atoms with van der Waals surface area (Å²) in [6.07, 6.45) is 0. The van der Waals surface area contributed by atoms with Gasteiger partial charge in [-0.15, -0.1) is 10.2 Å². The average Bonchev–Trinajstić information content (AvgIpc) is 2.79. The molecule has 0 radical (unpaired) electrons. The van der Waals surface area contributed by atoms with Crippen LogP contribution in [0.25, 0.3) is 11.4 Å². The molecule has 21 heavy (non-hydrogen) atoms. The zero-order chi connectivity index (χ0) is 15.6. The highest BCUT2D eigenvalue weighted by atomic mass is 79.9. The second kappa shape index (κ2) is 6.41. The van der Waals surface area contributed by atoms with E-state index in [1.165, 1.54) is 11.7 Å². The normalized spacial score (nSPS) is 11.8. The van der Waals surface area contributed by atoms with Crippen molar-refractivity contribution in [3.63, 3.8) is 0 Å². The Kier molecular flexibility index (Phi) is 4.99. The molecule has 1 heterocycles. The molecule has 0 saturated heterocycles. The molecule has 7 nitrogen and oxygen atoms in total. The van der Waals surface area contributed by atoms with Crippen LogP contribution < -0.4 is 5.14 Å². The molecule has 0 unspecified atom stereocenters. The van der Waals surface area contributed by atoms with E-state index in [0.717, 1.165) is 0 Å². The number of aromatic nitrogens is 3. The molecule has 0 bridgehead atoms. The fourth-order valence-corrected chi connectivity index (χ4v) is 3.25. The first-order valence-electron chi connectivity index (χ1n) is 5.75. The van der Waals surface area contributed by atoms with E-state index in [4.69, 9.17) is 21.5 Å². The number of nitrogens with two attached hydrogens (primary N) is 1. The van der Waals surface area contributed by atoms with E-state index in [1.54, 1.807) is 18.2 Å². The van der Waals surface area contributed by atoms with Gasteiger partial charge in [0.2, 0.25) is 0 Å². The first kappa shape index (κ1) is 16.4. The van der Waals surface area contributed by atoms with Crippen molar-refractivity contribution in [3.8, 4) is 11.4 Å². The number of methoxy groups -OCH3 is 1. The van der Waals surface area contributed by atoms with Crippen molar-refractivity contribution in [3.05, 3.63) is 27.7 Å². The lowest BCUT2D eigenvalue weighted by Crippen LogP contribution is -2.20. The molecule has 1 aromatic heterocycles. The number of hydrogen-bond acceptors (Lipinski definition) is 5. The number of benzene rings is 1. The van der Waals surface area contributed by atoms with Crippen LogP contribution in [-0.4, -0.2) is 36.9 Å². The van der Waals surface area contributed by atoms with Crippen molar-refractivity contribution in [1.82, 2.24) is 14.8 Å². The number of halogens is 2. The molecule has 2 aromatic rings. The maximum atomic E-state index is 11.6. The number of ether oxygens (including phenoxy) is 1. The molecule has 0 aliphatic rings. The Morgan fingerprint density at radius 2 is 2.14 bits per heavy atom. The minimum Gasteiger partial charge on any atom is -0.383 e. The summed E-state index contributed by atoms with van der Waals surface area (Å²) in [4.78, 5) is 0. The molecule has 0 spiro atoms. The minimum absolute atomic E-state index is 0.250. The van der Waals surface area contributed by atoms with Gasteiger partial charge < -0.3 is 4.74 Å². The summed E-state index contributed by atoms with van der Waals surface area (Å²) in [6, 6.07) is 5.07. The Labute approximate surface area is 135 Å². The number of primary sulfonamides is 1. The van der Waals surface area contributed by atoms with E-state index < -0.39 is 10.0 Å². The van der Waals surface area contributed by atoms with E-state index in [9.17, 15) is 8.42 Å². The van der Waals surface area contributed by atoms with E-state index in [2.05, 4.69) is 26.1 Å². The number of rotatable bonds is 5. The van der Waals surface area contributed by atoms with Gasteiger partial charge in [0.25, 0.3) is 15.2 Å². The number of hydrogen-bond donors (Lipinski definition) is 1. The maximum Gasteiger partial charge on any atom is 0.273 e. The predicted molar refractivity (Wildman–Crippen MR) is 81.4 cm³/mol. The van der Waals surface area contributed by atoms with Crippen LogP contribution in [0.1, 0.15) is 0 Å². The third-order valence-corrected chi connectivity index (χ3v) is 4.36. The Morgan fingerprint density at radius 3 is 2.71 bits per heavy atom. The first-order valence-corrected chi connectivity index (χ1v) is 8.46. The molecule has 0 aliphatic carbocycles. The van der Waals surface area contributed by atoms with Crippen LogP contribution in [0.4, 0.5) is 0 Å². The highest BCUT2D eigenvalue weighted by molar-refractivity contribution is 9.10. The zero-order valence-electron chi connectivity index (χ0n) is 11.0. The summed E-state index contributed by atoms with van der Waals surface area (Å²) in [7, 11) is -2.47. The third-order valence-electron chi connectivity index (χ3n) is 2.66. The summed E-state index contributed by atoms with van der Waals surface area (Å²) < 4.78 is 30.2. The molecular weight excluding hydrogens is 384 g/mol. The molecule has 0 aliphatic heterocycles. The van der Waals surface area contributed by atoms with Crippen LogP contribution in [0.2, 0.25) is 5.02 Å². The maximum absolute atomic E-state index is 11.6. The lowest BCUT2D eigenvalue weighted by Gasteiger charge is -2.10. The summed E-state index contributed by atoms with van der Waals surface area (Å²) in [5.41, 5.74) is 0.651. The zero-order valence-corrected chi connectivity index (χ0v) is 14.1. The van der Waals surface area contributed by atoms with Gasteiger partial charge in [-0.25, -0.2) is 13.6 Å². The molecule has 0 atom stereocenters. The van der Waals surface area contributed by atoms with Gasteiger partial charge in [0.15, 0.2) is 5.82 Å². The van der Waals surface area contributed by atoms with E-state index >= 15 is 0 Å². The quantitative estimate of drug-likeness (QED) is 0.830. The van der Waals surface area contributed by atoms with Gasteiger partial charge in [0.05, 0.1) is 13.2 Å². The second-order valence-corrected chi connectivity index (χ2v) is 6.87. The lowest BCUT2D eigenvalue weighted by atomic mass is 10.2. The van der Waals surface area contributed by atoms with Gasteiger partial charge in [-0.3, -0.25) is 4.57 Å². The van der Waals surface area contributed by atoms with Gasteiger partial charge in [0.1, 0.15) is 0 Å². The van der Waals surface area contributed by atoms with Crippen LogP contribution in [0.15, 0.2) is 27.8 Å². The predicted octanol–water partition coefficient (Wildman–Crippen LogP) is 1.65. The van der Waals surface area contributed by atoms with Crippen molar-refractivity contribution in [1.29, 1.82) is 0 Å². The first-order chi connectivity index (χ1) is 9.84. The molecular formula is C11H12BrClN4O3S. The highest BCUT2D eigenvalue weighted by Crippen LogP contribution is 2.30. The Morgan fingerprint density at radius 1 is 1.43 bits per heavy atom. The van der Waals surface area contributed by atoms with Gasteiger partial charge >= 0.3 is 0 Å². The van der Waals surface area contributed by atoms with E-state index in [1.807, 2.05) is 0 Å². The van der Waals surface area contributed by atoms with Crippen LogP contribution in [0, 0.1) is 0 Å². The molecule has 0 fully saturated rings. The SMILES string of the molecule is COCCn1c(-c2ccc(Cl)cc2Br)nnc1S(N)(=O)=O. The average molecular weight is 396 g/mol. The molecule has 114 valence electrons. The molecule has 1 aromatic carbocycles. The second-order valence-electron chi connectivity index (χ2n) is 4.12. The Hall–Kier alpha value is -1.00. The van der Waals surface area contributed by atoms with Gasteiger partial charge in [-0.1, -0.05) is 11.6 Å². The fraction of sp³-hybridized carbons (Fsp3) is 0.273. The third kappa shape index (κ3) is 3.61. The smallest absolute Gasteiger partial charge is 0.273 e. The molecule has 2 rings (SSSR count). The van der Waals surface area contributed by atoms with Crippen molar-refractivity contribution in [2.75, 3.05) is 13.7 Å². The minimum atomic E-state index is -3.98. The fourth-order valence-electron chi connectivity index (χ4n) is 1.75. The standard InChI is InChI=1S/C11H12BrClN4O3S/c1-20-5-4-17-10(15-16-11(17)21(14,18)19)8-3-2-7(13)6-9(8)12/h2-3,6H,4-5H2,1H3,(H2,14,18,19). The highest BCUT2D eigenvalue weighted by Gasteiger charge is 2.22. The number of nitrogens with zero attached hydrogens (tertiary/aromatic N) is 3. The summed E-state index contributed by atoms with van der Waals surface area (Å²) >= 11 is 9.27. The summed E-state index contributed by atoms with van der Waals surface area (Å²) in [5.74, 6) is 0.361. The Bertz CT molecular complexity index is 763. The van der Waals surface area contributed by atoms with Crippen molar-refractivity contribution < 1.29 is 13.2 Å². The van der Waals surface area contributed by atoms with E-state index in [-0.39, 0.29) is 11.7 Å². The monoisotopic (exact) mass is 394 g/mol. The molecule has 0 amide bonds. The molecule has 10 heteroatoms. The van der Waals surface area contributed by atoms with Crippen LogP contribution in [0.5, 0.6) is 0 Å². The van der Waals surface area contributed by atoms with E-state index in [0.29, 0.717) is 27.5 Å². The molecule has 0 saturated carbocycles. The van der Waals surface area contributed by atoms with Crippen LogP contribution >= 0.6 is 27.5 Å². The molecule has 2 N–H and O–H groups in total.